The maximum Gasteiger partial charge on any atom is 0.261 e. The molecular formula is C24H32N2O3. The van der Waals surface area contributed by atoms with Crippen LogP contribution >= 0.6 is 0 Å². The zero-order chi connectivity index (χ0) is 21.2. The zero-order valence-corrected chi connectivity index (χ0v) is 17.9. The molecule has 0 saturated carbocycles. The number of hydrogen-bond acceptors (Lipinski definition) is 3. The van der Waals surface area contributed by atoms with Gasteiger partial charge in [-0.2, -0.15) is 0 Å². The fourth-order valence-electron chi connectivity index (χ4n) is 3.21. The van der Waals surface area contributed by atoms with Gasteiger partial charge >= 0.3 is 0 Å². The minimum absolute atomic E-state index is 0.0196. The molecule has 0 heterocycles. The number of carbonyl (C=O) groups is 2. The lowest BCUT2D eigenvalue weighted by Gasteiger charge is -2.31. The molecule has 2 aromatic rings. The van der Waals surface area contributed by atoms with Gasteiger partial charge in [0.05, 0.1) is 0 Å². The summed E-state index contributed by atoms with van der Waals surface area (Å²) in [6, 6.07) is 17.1. The van der Waals surface area contributed by atoms with E-state index < -0.39 is 6.04 Å². The second-order valence-corrected chi connectivity index (χ2v) is 7.52. The van der Waals surface area contributed by atoms with Gasteiger partial charge in [-0.3, -0.25) is 9.59 Å². The molecule has 1 N–H and O–H groups in total. The van der Waals surface area contributed by atoms with Crippen LogP contribution < -0.4 is 10.1 Å². The minimum Gasteiger partial charge on any atom is -0.484 e. The molecule has 5 heteroatoms. The average molecular weight is 397 g/mol. The summed E-state index contributed by atoms with van der Waals surface area (Å²) in [4.78, 5) is 27.4. The molecule has 156 valence electrons. The van der Waals surface area contributed by atoms with Crippen LogP contribution in [-0.4, -0.2) is 41.9 Å². The molecule has 0 fully saturated rings. The largest absolute Gasteiger partial charge is 0.484 e. The lowest BCUT2D eigenvalue weighted by atomic mass is 10.1. The van der Waals surface area contributed by atoms with Crippen molar-refractivity contribution in [1.29, 1.82) is 0 Å². The molecule has 5 nitrogen and oxygen atoms in total. The van der Waals surface area contributed by atoms with Crippen LogP contribution in [0.2, 0.25) is 0 Å². The second kappa shape index (κ2) is 11.2. The van der Waals surface area contributed by atoms with Crippen molar-refractivity contribution in [3.8, 4) is 5.75 Å². The van der Waals surface area contributed by atoms with E-state index >= 15 is 0 Å². The van der Waals surface area contributed by atoms with Crippen LogP contribution in [-0.2, 0) is 16.0 Å². The fraction of sp³-hybridized carbons (Fsp3) is 0.417. The number of amides is 2. The van der Waals surface area contributed by atoms with Crippen LogP contribution in [0.15, 0.2) is 54.6 Å². The molecule has 0 aromatic heterocycles. The molecule has 0 aliphatic heterocycles. The van der Waals surface area contributed by atoms with E-state index in [1.54, 1.807) is 4.90 Å². The van der Waals surface area contributed by atoms with E-state index in [0.717, 1.165) is 11.1 Å². The zero-order valence-electron chi connectivity index (χ0n) is 17.9. The summed E-state index contributed by atoms with van der Waals surface area (Å²) in [6.07, 6.45) is 1.23. The maximum atomic E-state index is 13.0. The van der Waals surface area contributed by atoms with Gasteiger partial charge in [0.25, 0.3) is 5.91 Å². The molecular weight excluding hydrogens is 364 g/mol. The van der Waals surface area contributed by atoms with Crippen molar-refractivity contribution in [3.05, 3.63) is 65.7 Å². The Morgan fingerprint density at radius 2 is 1.79 bits per heavy atom. The SMILES string of the molecule is CCC(C(=O)NC(C)C)N(CCc1ccccc1)C(=O)COc1cccc(C)c1. The van der Waals surface area contributed by atoms with Gasteiger partial charge < -0.3 is 15.0 Å². The van der Waals surface area contributed by atoms with E-state index in [-0.39, 0.29) is 24.5 Å². The van der Waals surface area contributed by atoms with Gasteiger partial charge in [0.15, 0.2) is 6.61 Å². The summed E-state index contributed by atoms with van der Waals surface area (Å²) in [7, 11) is 0. The number of carbonyl (C=O) groups excluding carboxylic acids is 2. The predicted octanol–water partition coefficient (Wildman–Crippen LogP) is 3.75. The van der Waals surface area contributed by atoms with Crippen molar-refractivity contribution in [2.24, 2.45) is 0 Å². The Morgan fingerprint density at radius 1 is 1.07 bits per heavy atom. The fourth-order valence-corrected chi connectivity index (χ4v) is 3.21. The Bertz CT molecular complexity index is 790. The molecule has 29 heavy (non-hydrogen) atoms. The van der Waals surface area contributed by atoms with Crippen molar-refractivity contribution in [3.63, 3.8) is 0 Å². The van der Waals surface area contributed by atoms with Crippen LogP contribution in [0.3, 0.4) is 0 Å². The first-order valence-corrected chi connectivity index (χ1v) is 10.2. The molecule has 0 aliphatic carbocycles. The van der Waals surface area contributed by atoms with Gasteiger partial charge in [-0.15, -0.1) is 0 Å². The smallest absolute Gasteiger partial charge is 0.261 e. The summed E-state index contributed by atoms with van der Waals surface area (Å²) < 4.78 is 5.71. The summed E-state index contributed by atoms with van der Waals surface area (Å²) in [5, 5.41) is 2.93. The number of aryl methyl sites for hydroxylation is 1. The number of ether oxygens (including phenoxy) is 1. The summed E-state index contributed by atoms with van der Waals surface area (Å²) in [6.45, 7) is 8.11. The first kappa shape index (κ1) is 22.5. The highest BCUT2D eigenvalue weighted by Gasteiger charge is 2.28. The van der Waals surface area contributed by atoms with Gasteiger partial charge in [-0.25, -0.2) is 0 Å². The Hall–Kier alpha value is -2.82. The maximum absolute atomic E-state index is 13.0. The van der Waals surface area contributed by atoms with Gasteiger partial charge in [0.2, 0.25) is 5.91 Å². The second-order valence-electron chi connectivity index (χ2n) is 7.52. The lowest BCUT2D eigenvalue weighted by molar-refractivity contribution is -0.142. The number of nitrogens with one attached hydrogen (secondary N) is 1. The van der Waals surface area contributed by atoms with E-state index in [9.17, 15) is 9.59 Å². The van der Waals surface area contributed by atoms with E-state index in [2.05, 4.69) is 5.32 Å². The van der Waals surface area contributed by atoms with Gasteiger partial charge in [-0.1, -0.05) is 49.4 Å². The highest BCUT2D eigenvalue weighted by Crippen LogP contribution is 2.14. The molecule has 1 unspecified atom stereocenters. The molecule has 0 aliphatic rings. The van der Waals surface area contributed by atoms with Crippen molar-refractivity contribution in [1.82, 2.24) is 10.2 Å². The lowest BCUT2D eigenvalue weighted by Crippen LogP contribution is -2.52. The minimum atomic E-state index is -0.519. The molecule has 0 bridgehead atoms. The van der Waals surface area contributed by atoms with Crippen LogP contribution in [0.25, 0.3) is 0 Å². The van der Waals surface area contributed by atoms with E-state index in [1.807, 2.05) is 82.3 Å². The van der Waals surface area contributed by atoms with E-state index in [1.165, 1.54) is 0 Å². The molecule has 2 aromatic carbocycles. The normalized spacial score (nSPS) is 11.8. The Balaban J connectivity index is 2.12. The van der Waals surface area contributed by atoms with Crippen LogP contribution in [0.5, 0.6) is 5.75 Å². The monoisotopic (exact) mass is 396 g/mol. The topological polar surface area (TPSA) is 58.6 Å². The summed E-state index contributed by atoms with van der Waals surface area (Å²) >= 11 is 0. The first-order valence-electron chi connectivity index (χ1n) is 10.2. The molecule has 0 radical (unpaired) electrons. The Kier molecular flexibility index (Phi) is 8.71. The molecule has 2 rings (SSSR count). The predicted molar refractivity (Wildman–Crippen MR) is 116 cm³/mol. The van der Waals surface area contributed by atoms with Gasteiger partial charge in [0, 0.05) is 12.6 Å². The van der Waals surface area contributed by atoms with Crippen molar-refractivity contribution < 1.29 is 14.3 Å². The number of benzene rings is 2. The van der Waals surface area contributed by atoms with Crippen molar-refractivity contribution >= 4 is 11.8 Å². The molecule has 2 amide bonds. The third kappa shape index (κ3) is 7.26. The average Bonchev–Trinajstić information content (AvgIpc) is 2.69. The third-order valence-electron chi connectivity index (χ3n) is 4.65. The molecule has 1 atom stereocenters. The summed E-state index contributed by atoms with van der Waals surface area (Å²) in [5.41, 5.74) is 2.20. The van der Waals surface area contributed by atoms with Gasteiger partial charge in [-0.05, 0) is 56.9 Å². The molecule has 0 saturated heterocycles. The van der Waals surface area contributed by atoms with Gasteiger partial charge in [0.1, 0.15) is 11.8 Å². The summed E-state index contributed by atoms with van der Waals surface area (Å²) in [5.74, 6) is 0.341. The number of hydrogen-bond donors (Lipinski definition) is 1. The van der Waals surface area contributed by atoms with Crippen LogP contribution in [0.4, 0.5) is 0 Å². The number of nitrogens with zero attached hydrogens (tertiary/aromatic N) is 1. The van der Waals surface area contributed by atoms with Crippen LogP contribution in [0.1, 0.15) is 38.3 Å². The van der Waals surface area contributed by atoms with Crippen LogP contribution in [0, 0.1) is 6.92 Å². The highest BCUT2D eigenvalue weighted by atomic mass is 16.5. The number of rotatable bonds is 10. The highest BCUT2D eigenvalue weighted by molar-refractivity contribution is 5.88. The Labute approximate surface area is 174 Å². The van der Waals surface area contributed by atoms with E-state index in [0.29, 0.717) is 25.1 Å². The third-order valence-corrected chi connectivity index (χ3v) is 4.65. The quantitative estimate of drug-likeness (QED) is 0.665. The standard InChI is InChI=1S/C24H32N2O3/c1-5-22(24(28)25-18(2)3)26(15-14-20-11-7-6-8-12-20)23(27)17-29-21-13-9-10-19(4)16-21/h6-13,16,18,22H,5,14-15,17H2,1-4H3,(H,25,28). The first-order chi connectivity index (χ1) is 13.9. The van der Waals surface area contributed by atoms with Crippen molar-refractivity contribution in [2.75, 3.05) is 13.2 Å². The molecule has 0 spiro atoms. The van der Waals surface area contributed by atoms with E-state index in [4.69, 9.17) is 4.74 Å². The Morgan fingerprint density at radius 3 is 2.41 bits per heavy atom. The van der Waals surface area contributed by atoms with Crippen molar-refractivity contribution in [2.45, 2.75) is 52.6 Å².